The standard InChI is InChI=1S/C33H22BrNO3/c34-23-16-17-26-22(19-23)15-18-27-33(31(37)24-13-7-8-14-25(24)32(33)38)28(20-9-3-1-4-10-20)29(35(26)27)30(36)21-11-5-2-6-12-21/h1-19,27-29H/t27-,28-,29+/m0/s1. The molecule has 0 unspecified atom stereocenters. The van der Waals surface area contributed by atoms with Crippen LogP contribution in [0.15, 0.2) is 114 Å². The molecule has 2 aliphatic heterocycles. The summed E-state index contributed by atoms with van der Waals surface area (Å²) in [5, 5.41) is 0. The number of carbonyl (C=O) groups excluding carboxylic acids is 3. The molecule has 4 aromatic rings. The summed E-state index contributed by atoms with van der Waals surface area (Å²) >= 11 is 3.56. The van der Waals surface area contributed by atoms with Crippen LogP contribution in [0, 0.1) is 5.41 Å². The Morgan fingerprint density at radius 1 is 0.763 bits per heavy atom. The summed E-state index contributed by atoms with van der Waals surface area (Å²) in [5.74, 6) is -1.22. The van der Waals surface area contributed by atoms with E-state index in [9.17, 15) is 14.4 Å². The number of Topliss-reactive ketones (excluding diaryl/α,β-unsaturated/α-hetero) is 3. The van der Waals surface area contributed by atoms with E-state index in [2.05, 4.69) is 15.9 Å². The summed E-state index contributed by atoms with van der Waals surface area (Å²) in [6, 6.07) is 30.4. The number of ketones is 3. The maximum atomic E-state index is 14.5. The lowest BCUT2D eigenvalue weighted by molar-refractivity contribution is 0.0666. The second kappa shape index (κ2) is 8.47. The van der Waals surface area contributed by atoms with Gasteiger partial charge in [-0.05, 0) is 29.3 Å². The Hall–Kier alpha value is -4.09. The molecule has 3 atom stereocenters. The number of fused-ring (bicyclic) bond motifs is 5. The van der Waals surface area contributed by atoms with Crippen molar-refractivity contribution in [1.82, 2.24) is 0 Å². The maximum absolute atomic E-state index is 14.5. The van der Waals surface area contributed by atoms with Gasteiger partial charge in [0.15, 0.2) is 17.3 Å². The summed E-state index contributed by atoms with van der Waals surface area (Å²) in [4.78, 5) is 45.6. The molecule has 38 heavy (non-hydrogen) atoms. The molecule has 4 aromatic carbocycles. The van der Waals surface area contributed by atoms with Gasteiger partial charge in [-0.15, -0.1) is 0 Å². The molecule has 0 saturated carbocycles. The minimum absolute atomic E-state index is 0.109. The SMILES string of the molecule is O=C(c1ccccc1)[C@H]1[C@H](c2ccccc2)C2(C(=O)c3ccccc3C2=O)[C@@H]2C=Cc3cc(Br)ccc3N21. The summed E-state index contributed by atoms with van der Waals surface area (Å²) in [5.41, 5.74) is 2.52. The molecule has 0 bridgehead atoms. The number of carbonyl (C=O) groups is 3. The van der Waals surface area contributed by atoms with Crippen LogP contribution >= 0.6 is 15.9 Å². The topological polar surface area (TPSA) is 54.5 Å². The number of halogens is 1. The normalized spacial score (nSPS) is 22.3. The van der Waals surface area contributed by atoms with Gasteiger partial charge in [-0.3, -0.25) is 14.4 Å². The van der Waals surface area contributed by atoms with Gasteiger partial charge in [-0.25, -0.2) is 0 Å². The first-order valence-corrected chi connectivity index (χ1v) is 13.4. The van der Waals surface area contributed by atoms with Gasteiger partial charge in [0.05, 0.1) is 6.04 Å². The molecule has 7 rings (SSSR count). The smallest absolute Gasteiger partial charge is 0.185 e. The highest BCUT2D eigenvalue weighted by molar-refractivity contribution is 9.10. The Bertz CT molecular complexity index is 1630. The van der Waals surface area contributed by atoms with Crippen LogP contribution < -0.4 is 4.90 Å². The third kappa shape index (κ3) is 2.99. The zero-order chi connectivity index (χ0) is 26.0. The van der Waals surface area contributed by atoms with E-state index in [1.807, 2.05) is 83.8 Å². The van der Waals surface area contributed by atoms with Crippen molar-refractivity contribution >= 4 is 45.0 Å². The van der Waals surface area contributed by atoms with E-state index in [0.717, 1.165) is 21.3 Å². The van der Waals surface area contributed by atoms with Gasteiger partial charge in [-0.2, -0.15) is 0 Å². The van der Waals surface area contributed by atoms with E-state index in [1.54, 1.807) is 36.4 Å². The number of anilines is 1. The highest BCUT2D eigenvalue weighted by Gasteiger charge is 2.71. The van der Waals surface area contributed by atoms with E-state index in [4.69, 9.17) is 0 Å². The molecule has 3 aliphatic rings. The maximum Gasteiger partial charge on any atom is 0.185 e. The Labute approximate surface area is 228 Å². The Kier molecular flexibility index (Phi) is 5.14. The van der Waals surface area contributed by atoms with E-state index >= 15 is 0 Å². The molecule has 1 saturated heterocycles. The molecule has 5 heteroatoms. The summed E-state index contributed by atoms with van der Waals surface area (Å²) < 4.78 is 0.916. The summed E-state index contributed by atoms with van der Waals surface area (Å²) in [6.45, 7) is 0. The Morgan fingerprint density at radius 3 is 2.03 bits per heavy atom. The first kappa shape index (κ1) is 23.1. The third-order valence-corrected chi connectivity index (χ3v) is 8.74. The second-order valence-corrected chi connectivity index (χ2v) is 11.0. The molecule has 0 aromatic heterocycles. The molecular weight excluding hydrogens is 538 g/mol. The number of benzene rings is 4. The molecule has 1 fully saturated rings. The molecule has 0 N–H and O–H groups in total. The molecule has 1 spiro atoms. The van der Waals surface area contributed by atoms with E-state index in [0.29, 0.717) is 16.7 Å². The highest BCUT2D eigenvalue weighted by Crippen LogP contribution is 2.61. The van der Waals surface area contributed by atoms with Gasteiger partial charge >= 0.3 is 0 Å². The fraction of sp³-hybridized carbons (Fsp3) is 0.121. The van der Waals surface area contributed by atoms with Crippen molar-refractivity contribution in [2.45, 2.75) is 18.0 Å². The largest absolute Gasteiger partial charge is 0.352 e. The molecule has 0 amide bonds. The fourth-order valence-electron chi connectivity index (χ4n) is 6.75. The zero-order valence-corrected chi connectivity index (χ0v) is 21.8. The number of hydrogen-bond acceptors (Lipinski definition) is 4. The van der Waals surface area contributed by atoms with Crippen molar-refractivity contribution in [2.24, 2.45) is 5.41 Å². The van der Waals surface area contributed by atoms with E-state index < -0.39 is 23.4 Å². The van der Waals surface area contributed by atoms with Crippen LogP contribution in [-0.4, -0.2) is 29.4 Å². The van der Waals surface area contributed by atoms with Crippen LogP contribution in [0.25, 0.3) is 6.08 Å². The van der Waals surface area contributed by atoms with Crippen molar-refractivity contribution in [1.29, 1.82) is 0 Å². The zero-order valence-electron chi connectivity index (χ0n) is 20.3. The predicted molar refractivity (Wildman–Crippen MR) is 151 cm³/mol. The molecular formula is C33H22BrNO3. The lowest BCUT2D eigenvalue weighted by atomic mass is 9.64. The second-order valence-electron chi connectivity index (χ2n) is 10.1. The van der Waals surface area contributed by atoms with Crippen molar-refractivity contribution < 1.29 is 14.4 Å². The van der Waals surface area contributed by atoms with Gasteiger partial charge < -0.3 is 4.90 Å². The highest BCUT2D eigenvalue weighted by atomic mass is 79.9. The van der Waals surface area contributed by atoms with E-state index in [-0.39, 0.29) is 17.3 Å². The van der Waals surface area contributed by atoms with E-state index in [1.165, 1.54) is 0 Å². The fourth-order valence-corrected chi connectivity index (χ4v) is 7.13. The van der Waals surface area contributed by atoms with Gasteiger partial charge in [0.2, 0.25) is 0 Å². The molecule has 184 valence electrons. The molecule has 1 aliphatic carbocycles. The van der Waals surface area contributed by atoms with Crippen molar-refractivity contribution in [3.63, 3.8) is 0 Å². The first-order chi connectivity index (χ1) is 18.5. The third-order valence-electron chi connectivity index (χ3n) is 8.25. The minimum atomic E-state index is -1.47. The average Bonchev–Trinajstić information content (AvgIpc) is 3.39. The molecule has 4 nitrogen and oxygen atoms in total. The number of nitrogens with zero attached hydrogens (tertiary/aromatic N) is 1. The summed E-state index contributed by atoms with van der Waals surface area (Å²) in [6.07, 6.45) is 3.93. The van der Waals surface area contributed by atoms with Crippen molar-refractivity contribution in [2.75, 3.05) is 4.90 Å². The Morgan fingerprint density at radius 2 is 1.37 bits per heavy atom. The number of hydrogen-bond donors (Lipinski definition) is 0. The first-order valence-electron chi connectivity index (χ1n) is 12.6. The van der Waals surface area contributed by atoms with Gasteiger partial charge in [-0.1, -0.05) is 113 Å². The van der Waals surface area contributed by atoms with Crippen molar-refractivity contribution in [3.05, 3.63) is 141 Å². The van der Waals surface area contributed by atoms with Gasteiger partial charge in [0, 0.05) is 32.8 Å². The molecule has 2 heterocycles. The van der Waals surface area contributed by atoms with Crippen LogP contribution in [0.4, 0.5) is 5.69 Å². The van der Waals surface area contributed by atoms with Crippen LogP contribution in [0.2, 0.25) is 0 Å². The Balaban J connectivity index is 1.55. The predicted octanol–water partition coefficient (Wildman–Crippen LogP) is 6.77. The monoisotopic (exact) mass is 559 g/mol. The van der Waals surface area contributed by atoms with Gasteiger partial charge in [0.25, 0.3) is 0 Å². The molecule has 0 radical (unpaired) electrons. The lowest BCUT2D eigenvalue weighted by Gasteiger charge is -2.37. The van der Waals surface area contributed by atoms with Crippen LogP contribution in [-0.2, 0) is 0 Å². The average molecular weight is 560 g/mol. The van der Waals surface area contributed by atoms with Crippen LogP contribution in [0.1, 0.15) is 48.1 Å². The quantitative estimate of drug-likeness (QED) is 0.205. The van der Waals surface area contributed by atoms with Crippen LogP contribution in [0.3, 0.4) is 0 Å². The lowest BCUT2D eigenvalue weighted by Crippen LogP contribution is -2.48. The summed E-state index contributed by atoms with van der Waals surface area (Å²) in [7, 11) is 0. The van der Waals surface area contributed by atoms with Gasteiger partial charge in [0.1, 0.15) is 11.5 Å². The van der Waals surface area contributed by atoms with Crippen LogP contribution in [0.5, 0.6) is 0 Å². The minimum Gasteiger partial charge on any atom is -0.352 e. The van der Waals surface area contributed by atoms with Crippen molar-refractivity contribution in [3.8, 4) is 0 Å². The number of rotatable bonds is 3.